The van der Waals surface area contributed by atoms with Crippen molar-refractivity contribution in [1.82, 2.24) is 8.87 Å². The second kappa shape index (κ2) is 9.52. The predicted octanol–water partition coefficient (Wildman–Crippen LogP) is 5.80. The number of benzene rings is 4. The summed E-state index contributed by atoms with van der Waals surface area (Å²) in [6.45, 7) is 3.88. The van der Waals surface area contributed by atoms with Crippen LogP contribution >= 0.6 is 0 Å². The van der Waals surface area contributed by atoms with Crippen LogP contribution in [-0.2, 0) is 16.6 Å². The Labute approximate surface area is 227 Å². The summed E-state index contributed by atoms with van der Waals surface area (Å²) < 4.78 is 29.2. The number of aromatic nitrogens is 1. The van der Waals surface area contributed by atoms with Gasteiger partial charge in [0.2, 0.25) is 0 Å². The maximum absolute atomic E-state index is 13.2. The van der Waals surface area contributed by atoms with Crippen LogP contribution in [0.15, 0.2) is 102 Å². The molecule has 2 heterocycles. The first-order chi connectivity index (χ1) is 18.8. The molecule has 0 radical (unpaired) electrons. The number of aryl methyl sites for hydroxylation is 2. The van der Waals surface area contributed by atoms with Crippen LogP contribution in [0.4, 0.5) is 0 Å². The van der Waals surface area contributed by atoms with Gasteiger partial charge in [-0.25, -0.2) is 12.7 Å². The third kappa shape index (κ3) is 4.15. The van der Waals surface area contributed by atoms with Crippen molar-refractivity contribution in [3.63, 3.8) is 0 Å². The van der Waals surface area contributed by atoms with Gasteiger partial charge in [0, 0.05) is 10.9 Å². The smallest absolute Gasteiger partial charge is 0.269 e. The van der Waals surface area contributed by atoms with Crippen LogP contribution in [0.1, 0.15) is 21.5 Å². The third-order valence-electron chi connectivity index (χ3n) is 7.28. The molecule has 6 rings (SSSR count). The first-order valence-electron chi connectivity index (χ1n) is 12.9. The van der Waals surface area contributed by atoms with E-state index in [-0.39, 0.29) is 23.5 Å². The monoisotopic (exact) mass is 536 g/mol. The molecule has 0 aliphatic carbocycles. The lowest BCUT2D eigenvalue weighted by Gasteiger charge is -2.22. The normalized spacial score (nSPS) is 15.1. The van der Waals surface area contributed by atoms with E-state index >= 15 is 0 Å². The second-order valence-electron chi connectivity index (χ2n) is 10.0. The molecule has 1 amide bonds. The molecule has 0 fully saturated rings. The van der Waals surface area contributed by atoms with Gasteiger partial charge in [-0.2, -0.15) is 0 Å². The fourth-order valence-corrected chi connectivity index (χ4v) is 7.34. The summed E-state index contributed by atoms with van der Waals surface area (Å²) in [5.41, 5.74) is 7.29. The zero-order chi connectivity index (χ0) is 27.3. The largest absolute Gasteiger partial charge is 0.389 e. The van der Waals surface area contributed by atoms with E-state index < -0.39 is 22.0 Å². The SMILES string of the molecule is Cc1cc(C)c2c(c1)c(-c1ccccc1)c(-c1ccccc1)n2C[C@@H](O)CN1C(=O)c2ccccc2S1(=O)=O. The molecule has 0 saturated carbocycles. The molecule has 1 N–H and O–H groups in total. The maximum Gasteiger partial charge on any atom is 0.269 e. The van der Waals surface area contributed by atoms with E-state index in [1.165, 1.54) is 12.1 Å². The van der Waals surface area contributed by atoms with Crippen molar-refractivity contribution in [2.45, 2.75) is 31.4 Å². The van der Waals surface area contributed by atoms with E-state index in [0.29, 0.717) is 0 Å². The standard InChI is InChI=1S/C32H28N2O4S/c1-21-17-22(2)30-27(18-21)29(23-11-5-3-6-12-23)31(24-13-7-4-8-14-24)33(30)19-25(35)20-34-32(36)26-15-9-10-16-28(26)39(34,37)38/h3-18,25,35H,19-20H2,1-2H3/t25-/m1/s1. The highest BCUT2D eigenvalue weighted by atomic mass is 32.2. The van der Waals surface area contributed by atoms with Crippen LogP contribution < -0.4 is 0 Å². The topological polar surface area (TPSA) is 79.6 Å². The number of sulfonamides is 1. The number of nitrogens with zero attached hydrogens (tertiary/aromatic N) is 2. The molecule has 6 nitrogen and oxygen atoms in total. The highest BCUT2D eigenvalue weighted by molar-refractivity contribution is 7.90. The first kappa shape index (κ1) is 25.1. The van der Waals surface area contributed by atoms with E-state index in [2.05, 4.69) is 35.8 Å². The molecule has 0 spiro atoms. The summed E-state index contributed by atoms with van der Waals surface area (Å²) in [5.74, 6) is -0.609. The molecule has 5 aromatic rings. The minimum absolute atomic E-state index is 0.0173. The number of aliphatic hydroxyl groups excluding tert-OH is 1. The van der Waals surface area contributed by atoms with Crippen LogP contribution in [-0.4, -0.2) is 41.0 Å². The van der Waals surface area contributed by atoms with Crippen molar-refractivity contribution in [2.24, 2.45) is 0 Å². The Bertz CT molecular complexity index is 1830. The molecule has 0 saturated heterocycles. The van der Waals surface area contributed by atoms with Gasteiger partial charge in [-0.1, -0.05) is 84.4 Å². The molecule has 1 aliphatic rings. The summed E-state index contributed by atoms with van der Waals surface area (Å²) in [4.78, 5) is 13.0. The van der Waals surface area contributed by atoms with Gasteiger partial charge in [-0.05, 0) is 48.7 Å². The van der Waals surface area contributed by atoms with Crippen molar-refractivity contribution < 1.29 is 18.3 Å². The molecule has 1 aliphatic heterocycles. The Morgan fingerprint density at radius 2 is 1.41 bits per heavy atom. The van der Waals surface area contributed by atoms with Crippen molar-refractivity contribution >= 4 is 26.8 Å². The number of carbonyl (C=O) groups is 1. The van der Waals surface area contributed by atoms with E-state index in [0.717, 1.165) is 48.7 Å². The van der Waals surface area contributed by atoms with Gasteiger partial charge in [0.05, 0.1) is 36.0 Å². The first-order valence-corrected chi connectivity index (χ1v) is 14.3. The maximum atomic E-state index is 13.2. The number of aliphatic hydroxyl groups is 1. The lowest BCUT2D eigenvalue weighted by molar-refractivity contribution is 0.0773. The number of rotatable bonds is 6. The molecule has 39 heavy (non-hydrogen) atoms. The number of fused-ring (bicyclic) bond motifs is 2. The molecule has 7 heteroatoms. The van der Waals surface area contributed by atoms with Crippen molar-refractivity contribution in [3.8, 4) is 22.4 Å². The molecular formula is C32H28N2O4S. The van der Waals surface area contributed by atoms with Gasteiger partial charge in [0.15, 0.2) is 0 Å². The number of β-amino-alcohol motifs (C(OH)–C–C–N with tert-alkyl or cyclic N) is 1. The van der Waals surface area contributed by atoms with Crippen LogP contribution in [0.5, 0.6) is 0 Å². The number of amides is 1. The van der Waals surface area contributed by atoms with Crippen molar-refractivity contribution in [2.75, 3.05) is 6.54 Å². The second-order valence-corrected chi connectivity index (χ2v) is 11.9. The highest BCUT2D eigenvalue weighted by Gasteiger charge is 2.41. The predicted molar refractivity (Wildman–Crippen MR) is 153 cm³/mol. The zero-order valence-corrected chi connectivity index (χ0v) is 22.5. The van der Waals surface area contributed by atoms with Crippen LogP contribution in [0.2, 0.25) is 0 Å². The Balaban J connectivity index is 1.50. The molecular weight excluding hydrogens is 508 g/mol. The fourth-order valence-electron chi connectivity index (χ4n) is 5.73. The molecule has 1 atom stereocenters. The van der Waals surface area contributed by atoms with Gasteiger partial charge < -0.3 is 9.67 Å². The molecule has 0 unspecified atom stereocenters. The van der Waals surface area contributed by atoms with Gasteiger partial charge in [-0.15, -0.1) is 0 Å². The summed E-state index contributed by atoms with van der Waals surface area (Å²) in [6, 6.07) is 30.6. The average molecular weight is 537 g/mol. The van der Waals surface area contributed by atoms with Crippen molar-refractivity contribution in [1.29, 1.82) is 0 Å². The lowest BCUT2D eigenvalue weighted by Crippen LogP contribution is -2.38. The Kier molecular flexibility index (Phi) is 6.13. The van der Waals surface area contributed by atoms with E-state index in [9.17, 15) is 18.3 Å². The molecule has 4 aromatic carbocycles. The van der Waals surface area contributed by atoms with E-state index in [1.54, 1.807) is 12.1 Å². The Hall–Kier alpha value is -4.20. The van der Waals surface area contributed by atoms with Gasteiger partial charge in [-0.3, -0.25) is 4.79 Å². The molecule has 196 valence electrons. The summed E-state index contributed by atoms with van der Waals surface area (Å²) in [6.07, 6.45) is -1.14. The van der Waals surface area contributed by atoms with Gasteiger partial charge in [0.25, 0.3) is 15.9 Å². The summed E-state index contributed by atoms with van der Waals surface area (Å²) in [5, 5.41) is 12.4. The summed E-state index contributed by atoms with van der Waals surface area (Å²) >= 11 is 0. The minimum atomic E-state index is -4.02. The van der Waals surface area contributed by atoms with Crippen LogP contribution in [0.25, 0.3) is 33.3 Å². The van der Waals surface area contributed by atoms with Crippen molar-refractivity contribution in [3.05, 3.63) is 114 Å². The average Bonchev–Trinajstić information content (AvgIpc) is 3.34. The summed E-state index contributed by atoms with van der Waals surface area (Å²) in [7, 11) is -4.02. The van der Waals surface area contributed by atoms with E-state index in [4.69, 9.17) is 0 Å². The van der Waals surface area contributed by atoms with Crippen LogP contribution in [0.3, 0.4) is 0 Å². The number of carbonyl (C=O) groups excluding carboxylic acids is 1. The number of hydrogen-bond acceptors (Lipinski definition) is 4. The van der Waals surface area contributed by atoms with Gasteiger partial charge in [0.1, 0.15) is 4.90 Å². The lowest BCUT2D eigenvalue weighted by atomic mass is 9.97. The quantitative estimate of drug-likeness (QED) is 0.298. The van der Waals surface area contributed by atoms with Crippen LogP contribution in [0, 0.1) is 13.8 Å². The molecule has 0 bridgehead atoms. The Morgan fingerprint density at radius 1 is 0.795 bits per heavy atom. The molecule has 1 aromatic heterocycles. The number of hydrogen-bond donors (Lipinski definition) is 1. The van der Waals surface area contributed by atoms with Gasteiger partial charge >= 0.3 is 0 Å². The highest BCUT2D eigenvalue weighted by Crippen LogP contribution is 2.42. The Morgan fingerprint density at radius 3 is 2.08 bits per heavy atom. The fraction of sp³-hybridized carbons (Fsp3) is 0.156. The van der Waals surface area contributed by atoms with E-state index in [1.807, 2.05) is 55.5 Å². The zero-order valence-electron chi connectivity index (χ0n) is 21.7. The third-order valence-corrected chi connectivity index (χ3v) is 9.09. The minimum Gasteiger partial charge on any atom is -0.389 e.